The van der Waals surface area contributed by atoms with Gasteiger partial charge in [0.05, 0.1) is 23.6 Å². The maximum atomic E-state index is 12.4. The van der Waals surface area contributed by atoms with Gasteiger partial charge in [-0.3, -0.25) is 14.3 Å². The zero-order chi connectivity index (χ0) is 15.8. The predicted molar refractivity (Wildman–Crippen MR) is 77.9 cm³/mol. The number of carbonyl (C=O) groups excluding carboxylic acids is 2. The number of carbonyl (C=O) groups is 2. The lowest BCUT2D eigenvalue weighted by Gasteiger charge is -2.20. The lowest BCUT2D eigenvalue weighted by molar-refractivity contribution is 0.0812. The van der Waals surface area contributed by atoms with Gasteiger partial charge in [0.15, 0.2) is 11.5 Å². The number of fused-ring (bicyclic) bond motifs is 1. The van der Waals surface area contributed by atoms with E-state index in [4.69, 9.17) is 4.74 Å². The van der Waals surface area contributed by atoms with Crippen molar-refractivity contribution in [3.63, 3.8) is 0 Å². The monoisotopic (exact) mass is 309 g/mol. The molecule has 1 aliphatic carbocycles. The lowest BCUT2D eigenvalue weighted by atomic mass is 9.92. The first-order chi connectivity index (χ1) is 9.69. The standard InChI is InChI=1S/C14H15NO5S/c1-8(2)20-12-7-11(16)9-5-4-6-10(13(9)14(12)17)15-21(3,18)19/h4-8,15H,1-3H3. The van der Waals surface area contributed by atoms with Crippen LogP contribution in [-0.4, -0.2) is 32.3 Å². The number of rotatable bonds is 4. The molecule has 1 aromatic carbocycles. The zero-order valence-electron chi connectivity index (χ0n) is 11.8. The zero-order valence-corrected chi connectivity index (χ0v) is 12.7. The summed E-state index contributed by atoms with van der Waals surface area (Å²) >= 11 is 0. The molecule has 112 valence electrons. The van der Waals surface area contributed by atoms with Crippen LogP contribution in [0.1, 0.15) is 34.6 Å². The molecule has 0 saturated heterocycles. The molecule has 0 spiro atoms. The Morgan fingerprint density at radius 3 is 2.43 bits per heavy atom. The fourth-order valence-electron chi connectivity index (χ4n) is 2.01. The van der Waals surface area contributed by atoms with Gasteiger partial charge in [0.25, 0.3) is 0 Å². The van der Waals surface area contributed by atoms with Crippen molar-refractivity contribution in [1.82, 2.24) is 0 Å². The highest BCUT2D eigenvalue weighted by Gasteiger charge is 2.30. The number of ether oxygens (including phenoxy) is 1. The van der Waals surface area contributed by atoms with E-state index < -0.39 is 21.6 Å². The van der Waals surface area contributed by atoms with E-state index in [0.29, 0.717) is 0 Å². The molecule has 1 N–H and O–H groups in total. The number of Topliss-reactive ketones (excluding diaryl/α,β-unsaturated/α-hetero) is 1. The number of anilines is 1. The Morgan fingerprint density at radius 2 is 1.86 bits per heavy atom. The van der Waals surface area contributed by atoms with E-state index in [0.717, 1.165) is 12.3 Å². The molecule has 0 aromatic heterocycles. The van der Waals surface area contributed by atoms with E-state index in [9.17, 15) is 18.0 Å². The minimum atomic E-state index is -3.57. The van der Waals surface area contributed by atoms with Crippen LogP contribution in [0.25, 0.3) is 0 Å². The fourth-order valence-corrected chi connectivity index (χ4v) is 2.58. The Kier molecular flexibility index (Phi) is 3.87. The Labute approximate surface area is 122 Å². The summed E-state index contributed by atoms with van der Waals surface area (Å²) in [4.78, 5) is 24.5. The quantitative estimate of drug-likeness (QED) is 0.915. The van der Waals surface area contributed by atoms with Crippen molar-refractivity contribution in [2.75, 3.05) is 11.0 Å². The van der Waals surface area contributed by atoms with Crippen molar-refractivity contribution in [2.24, 2.45) is 0 Å². The van der Waals surface area contributed by atoms with Crippen molar-refractivity contribution in [3.8, 4) is 0 Å². The number of ketones is 2. The van der Waals surface area contributed by atoms with E-state index in [1.165, 1.54) is 18.2 Å². The maximum Gasteiger partial charge on any atom is 0.230 e. The minimum absolute atomic E-state index is 0.0195. The maximum absolute atomic E-state index is 12.4. The topological polar surface area (TPSA) is 89.5 Å². The summed E-state index contributed by atoms with van der Waals surface area (Å²) in [5.41, 5.74) is 0.252. The fraction of sp³-hybridized carbons (Fsp3) is 0.286. The van der Waals surface area contributed by atoms with Gasteiger partial charge in [-0.25, -0.2) is 8.42 Å². The summed E-state index contributed by atoms with van der Waals surface area (Å²) in [6.07, 6.45) is 1.84. The van der Waals surface area contributed by atoms with E-state index in [2.05, 4.69) is 4.72 Å². The normalized spacial score (nSPS) is 14.8. The Bertz CT molecular complexity index is 747. The third-order valence-electron chi connectivity index (χ3n) is 2.70. The SMILES string of the molecule is CC(C)OC1=CC(=O)c2cccc(NS(C)(=O)=O)c2C1=O. The molecule has 21 heavy (non-hydrogen) atoms. The smallest absolute Gasteiger partial charge is 0.230 e. The second kappa shape index (κ2) is 5.33. The van der Waals surface area contributed by atoms with Gasteiger partial charge in [-0.15, -0.1) is 0 Å². The first-order valence-corrected chi connectivity index (χ1v) is 8.16. The van der Waals surface area contributed by atoms with Gasteiger partial charge in [0.1, 0.15) is 0 Å². The predicted octanol–water partition coefficient (Wildman–Crippen LogP) is 1.75. The highest BCUT2D eigenvalue weighted by molar-refractivity contribution is 7.92. The van der Waals surface area contributed by atoms with Gasteiger partial charge in [-0.2, -0.15) is 0 Å². The molecule has 0 bridgehead atoms. The molecule has 0 unspecified atom stereocenters. The summed E-state index contributed by atoms with van der Waals surface area (Å²) in [6, 6.07) is 4.43. The summed E-state index contributed by atoms with van der Waals surface area (Å²) < 4.78 is 30.3. The van der Waals surface area contributed by atoms with E-state index >= 15 is 0 Å². The summed E-state index contributed by atoms with van der Waals surface area (Å²) in [6.45, 7) is 3.46. The van der Waals surface area contributed by atoms with Crippen molar-refractivity contribution in [1.29, 1.82) is 0 Å². The summed E-state index contributed by atoms with van der Waals surface area (Å²) in [5, 5.41) is 0. The molecule has 0 heterocycles. The van der Waals surface area contributed by atoms with Crippen LogP contribution in [0.2, 0.25) is 0 Å². The van der Waals surface area contributed by atoms with Crippen molar-refractivity contribution in [3.05, 3.63) is 41.2 Å². The number of hydrogen-bond donors (Lipinski definition) is 1. The molecule has 1 aliphatic rings. The highest BCUT2D eigenvalue weighted by atomic mass is 32.2. The molecule has 0 amide bonds. The number of hydrogen-bond acceptors (Lipinski definition) is 5. The van der Waals surface area contributed by atoms with E-state index in [1.807, 2.05) is 0 Å². The molecule has 0 radical (unpaired) electrons. The van der Waals surface area contributed by atoms with Gasteiger partial charge in [0, 0.05) is 11.6 Å². The number of sulfonamides is 1. The molecule has 0 aliphatic heterocycles. The number of benzene rings is 1. The minimum Gasteiger partial charge on any atom is -0.487 e. The van der Waals surface area contributed by atoms with Crippen LogP contribution >= 0.6 is 0 Å². The number of allylic oxidation sites excluding steroid dienone is 2. The van der Waals surface area contributed by atoms with Crippen LogP contribution in [0.15, 0.2) is 30.0 Å². The Morgan fingerprint density at radius 1 is 1.19 bits per heavy atom. The molecular formula is C14H15NO5S. The third-order valence-corrected chi connectivity index (χ3v) is 3.29. The molecule has 0 saturated carbocycles. The van der Waals surface area contributed by atoms with E-state index in [1.54, 1.807) is 13.8 Å². The van der Waals surface area contributed by atoms with Gasteiger partial charge in [-0.05, 0) is 19.9 Å². The second-order valence-corrected chi connectivity index (χ2v) is 6.72. The molecule has 2 rings (SSSR count). The van der Waals surface area contributed by atoms with Crippen LogP contribution in [-0.2, 0) is 14.8 Å². The van der Waals surface area contributed by atoms with Gasteiger partial charge in [-0.1, -0.05) is 12.1 Å². The number of nitrogens with one attached hydrogen (secondary N) is 1. The average molecular weight is 309 g/mol. The molecule has 7 heteroatoms. The Balaban J connectivity index is 2.55. The first-order valence-electron chi connectivity index (χ1n) is 6.27. The molecule has 0 atom stereocenters. The molecular weight excluding hydrogens is 294 g/mol. The highest BCUT2D eigenvalue weighted by Crippen LogP contribution is 2.29. The van der Waals surface area contributed by atoms with Crippen LogP contribution in [0.3, 0.4) is 0 Å². The second-order valence-electron chi connectivity index (χ2n) is 4.97. The molecule has 1 aromatic rings. The molecule has 6 nitrogen and oxygen atoms in total. The van der Waals surface area contributed by atoms with Crippen molar-refractivity contribution < 1.29 is 22.7 Å². The van der Waals surface area contributed by atoms with Crippen molar-refractivity contribution in [2.45, 2.75) is 20.0 Å². The van der Waals surface area contributed by atoms with Gasteiger partial charge in [0.2, 0.25) is 15.8 Å². The van der Waals surface area contributed by atoms with Crippen LogP contribution in [0.4, 0.5) is 5.69 Å². The van der Waals surface area contributed by atoms with Gasteiger partial charge < -0.3 is 4.74 Å². The largest absolute Gasteiger partial charge is 0.487 e. The summed E-state index contributed by atoms with van der Waals surface area (Å²) in [5.74, 6) is -0.979. The van der Waals surface area contributed by atoms with Gasteiger partial charge >= 0.3 is 0 Å². The van der Waals surface area contributed by atoms with E-state index in [-0.39, 0.29) is 28.7 Å². The summed E-state index contributed by atoms with van der Waals surface area (Å²) in [7, 11) is -3.57. The third kappa shape index (κ3) is 3.30. The average Bonchev–Trinajstić information content (AvgIpc) is 2.33. The first kappa shape index (κ1) is 15.2. The van der Waals surface area contributed by atoms with Crippen LogP contribution < -0.4 is 4.72 Å². The molecule has 0 fully saturated rings. The van der Waals surface area contributed by atoms with Crippen LogP contribution in [0.5, 0.6) is 0 Å². The lowest BCUT2D eigenvalue weighted by Crippen LogP contribution is -2.23. The Hall–Kier alpha value is -2.15. The van der Waals surface area contributed by atoms with Crippen molar-refractivity contribution >= 4 is 27.3 Å². The van der Waals surface area contributed by atoms with Crippen LogP contribution in [0, 0.1) is 0 Å².